The van der Waals surface area contributed by atoms with Crippen LogP contribution in [-0.4, -0.2) is 12.5 Å². The molecule has 0 unspecified atom stereocenters. The zero-order valence-electron chi connectivity index (χ0n) is 7.00. The standard InChI is InChI=1S/C9H10INO2/c10-7-1-3-8(4-2-7)13-6-5-9(11)12/h1-4H,5-6H2,(H2,11,12). The number of ether oxygens (including phenoxy) is 1. The minimum absolute atomic E-state index is 0.256. The fraction of sp³-hybridized carbons (Fsp3) is 0.222. The van der Waals surface area contributed by atoms with Gasteiger partial charge in [-0.1, -0.05) is 0 Å². The second kappa shape index (κ2) is 5.06. The Morgan fingerprint density at radius 1 is 1.38 bits per heavy atom. The number of amides is 1. The largest absolute Gasteiger partial charge is 0.493 e. The molecule has 0 fully saturated rings. The van der Waals surface area contributed by atoms with Gasteiger partial charge in [0.2, 0.25) is 5.91 Å². The second-order valence-electron chi connectivity index (χ2n) is 2.52. The van der Waals surface area contributed by atoms with Gasteiger partial charge in [-0.25, -0.2) is 0 Å². The molecule has 0 atom stereocenters. The molecule has 0 spiro atoms. The maximum atomic E-state index is 10.4. The summed E-state index contributed by atoms with van der Waals surface area (Å²) in [5, 5.41) is 0. The van der Waals surface area contributed by atoms with E-state index in [1.54, 1.807) is 0 Å². The van der Waals surface area contributed by atoms with E-state index in [9.17, 15) is 4.79 Å². The Labute approximate surface area is 90.4 Å². The van der Waals surface area contributed by atoms with Crippen molar-refractivity contribution in [3.05, 3.63) is 27.8 Å². The fourth-order valence-corrected chi connectivity index (χ4v) is 1.16. The topological polar surface area (TPSA) is 52.3 Å². The number of halogens is 1. The summed E-state index contributed by atoms with van der Waals surface area (Å²) in [6, 6.07) is 7.62. The van der Waals surface area contributed by atoms with Crippen molar-refractivity contribution >= 4 is 28.5 Å². The van der Waals surface area contributed by atoms with Crippen LogP contribution in [0.1, 0.15) is 6.42 Å². The molecule has 13 heavy (non-hydrogen) atoms. The van der Waals surface area contributed by atoms with Crippen LogP contribution in [0.25, 0.3) is 0 Å². The molecule has 70 valence electrons. The third kappa shape index (κ3) is 4.12. The Hall–Kier alpha value is -0.780. The first-order valence-electron chi connectivity index (χ1n) is 3.85. The summed E-state index contributed by atoms with van der Waals surface area (Å²) in [4.78, 5) is 10.4. The van der Waals surface area contributed by atoms with E-state index < -0.39 is 0 Å². The summed E-state index contributed by atoms with van der Waals surface area (Å²) in [5.41, 5.74) is 4.96. The van der Waals surface area contributed by atoms with E-state index in [1.165, 1.54) is 0 Å². The average Bonchev–Trinajstić information content (AvgIpc) is 2.08. The molecule has 0 aliphatic carbocycles. The van der Waals surface area contributed by atoms with E-state index in [0.717, 1.165) is 9.32 Å². The lowest BCUT2D eigenvalue weighted by molar-refractivity contribution is -0.118. The van der Waals surface area contributed by atoms with Crippen LogP contribution in [-0.2, 0) is 4.79 Å². The van der Waals surface area contributed by atoms with Gasteiger partial charge in [0.05, 0.1) is 13.0 Å². The van der Waals surface area contributed by atoms with Crippen LogP contribution in [0.4, 0.5) is 0 Å². The Kier molecular flexibility index (Phi) is 4.01. The number of carbonyl (C=O) groups is 1. The van der Waals surface area contributed by atoms with Gasteiger partial charge in [0.25, 0.3) is 0 Å². The van der Waals surface area contributed by atoms with Crippen molar-refractivity contribution in [1.82, 2.24) is 0 Å². The molecule has 4 heteroatoms. The maximum Gasteiger partial charge on any atom is 0.220 e. The van der Waals surface area contributed by atoms with Crippen LogP contribution in [0, 0.1) is 3.57 Å². The summed E-state index contributed by atoms with van der Waals surface area (Å²) in [5.74, 6) is 0.423. The first kappa shape index (κ1) is 10.3. The number of carbonyl (C=O) groups excluding carboxylic acids is 1. The SMILES string of the molecule is NC(=O)CCOc1ccc(I)cc1. The smallest absolute Gasteiger partial charge is 0.220 e. The van der Waals surface area contributed by atoms with Crippen LogP contribution >= 0.6 is 22.6 Å². The van der Waals surface area contributed by atoms with Gasteiger partial charge in [-0.15, -0.1) is 0 Å². The summed E-state index contributed by atoms with van der Waals surface area (Å²) >= 11 is 2.22. The average molecular weight is 291 g/mol. The first-order valence-corrected chi connectivity index (χ1v) is 4.93. The molecule has 3 nitrogen and oxygen atoms in total. The van der Waals surface area contributed by atoms with Gasteiger partial charge in [-0.3, -0.25) is 4.79 Å². The molecular formula is C9H10INO2. The van der Waals surface area contributed by atoms with Crippen LogP contribution in [0.2, 0.25) is 0 Å². The summed E-state index contributed by atoms with van der Waals surface area (Å²) in [7, 11) is 0. The van der Waals surface area contributed by atoms with Gasteiger partial charge in [-0.05, 0) is 46.9 Å². The zero-order valence-corrected chi connectivity index (χ0v) is 9.15. The third-order valence-corrected chi connectivity index (χ3v) is 2.15. The van der Waals surface area contributed by atoms with Crippen molar-refractivity contribution in [2.45, 2.75) is 6.42 Å². The molecular weight excluding hydrogens is 281 g/mol. The lowest BCUT2D eigenvalue weighted by Crippen LogP contribution is -2.14. The maximum absolute atomic E-state index is 10.4. The molecule has 1 aromatic rings. The van der Waals surface area contributed by atoms with Gasteiger partial charge >= 0.3 is 0 Å². The third-order valence-electron chi connectivity index (χ3n) is 1.43. The van der Waals surface area contributed by atoms with E-state index in [1.807, 2.05) is 24.3 Å². The van der Waals surface area contributed by atoms with Crippen LogP contribution < -0.4 is 10.5 Å². The monoisotopic (exact) mass is 291 g/mol. The number of hydrogen-bond acceptors (Lipinski definition) is 2. The summed E-state index contributed by atoms with van der Waals surface area (Å²) in [6.07, 6.45) is 0.256. The fourth-order valence-electron chi connectivity index (χ4n) is 0.800. The molecule has 0 aromatic heterocycles. The zero-order chi connectivity index (χ0) is 9.68. The van der Waals surface area contributed by atoms with Gasteiger partial charge in [0.1, 0.15) is 5.75 Å². The van der Waals surface area contributed by atoms with Gasteiger partial charge in [0.15, 0.2) is 0 Å². The van der Waals surface area contributed by atoms with Crippen molar-refractivity contribution in [2.75, 3.05) is 6.61 Å². The Morgan fingerprint density at radius 2 is 2.00 bits per heavy atom. The first-order chi connectivity index (χ1) is 6.18. The Morgan fingerprint density at radius 3 is 2.54 bits per heavy atom. The van der Waals surface area contributed by atoms with Crippen LogP contribution in [0.3, 0.4) is 0 Å². The lowest BCUT2D eigenvalue weighted by atomic mass is 10.3. The van der Waals surface area contributed by atoms with Crippen molar-refractivity contribution < 1.29 is 9.53 Å². The van der Waals surface area contributed by atoms with Gasteiger partial charge < -0.3 is 10.5 Å². The normalized spacial score (nSPS) is 9.62. The molecule has 1 amide bonds. The van der Waals surface area contributed by atoms with E-state index in [-0.39, 0.29) is 12.3 Å². The van der Waals surface area contributed by atoms with E-state index in [0.29, 0.717) is 6.61 Å². The molecule has 1 aromatic carbocycles. The number of primary amides is 1. The number of benzene rings is 1. The lowest BCUT2D eigenvalue weighted by Gasteiger charge is -2.03. The van der Waals surface area contributed by atoms with Crippen LogP contribution in [0.5, 0.6) is 5.75 Å². The summed E-state index contributed by atoms with van der Waals surface area (Å²) in [6.45, 7) is 0.343. The molecule has 2 N–H and O–H groups in total. The highest BCUT2D eigenvalue weighted by Crippen LogP contribution is 2.13. The molecule has 0 radical (unpaired) electrons. The Bertz CT molecular complexity index is 284. The molecule has 0 bridgehead atoms. The summed E-state index contributed by atoms with van der Waals surface area (Å²) < 4.78 is 6.42. The van der Waals surface area contributed by atoms with Gasteiger partial charge in [0, 0.05) is 3.57 Å². The predicted octanol–water partition coefficient (Wildman–Crippen LogP) is 1.55. The highest BCUT2D eigenvalue weighted by molar-refractivity contribution is 14.1. The van der Waals surface area contributed by atoms with E-state index in [4.69, 9.17) is 10.5 Å². The van der Waals surface area contributed by atoms with E-state index in [2.05, 4.69) is 22.6 Å². The highest BCUT2D eigenvalue weighted by atomic mass is 127. The van der Waals surface area contributed by atoms with Crippen LogP contribution in [0.15, 0.2) is 24.3 Å². The minimum atomic E-state index is -0.342. The predicted molar refractivity (Wildman–Crippen MR) is 58.5 cm³/mol. The molecule has 0 aliphatic rings. The van der Waals surface area contributed by atoms with Crippen molar-refractivity contribution in [3.63, 3.8) is 0 Å². The number of rotatable bonds is 4. The highest BCUT2D eigenvalue weighted by Gasteiger charge is 1.96. The molecule has 0 saturated heterocycles. The van der Waals surface area contributed by atoms with Crippen molar-refractivity contribution in [3.8, 4) is 5.75 Å². The quantitative estimate of drug-likeness (QED) is 0.856. The van der Waals surface area contributed by atoms with Crippen molar-refractivity contribution in [2.24, 2.45) is 5.73 Å². The molecule has 0 heterocycles. The minimum Gasteiger partial charge on any atom is -0.493 e. The molecule has 0 saturated carbocycles. The van der Waals surface area contributed by atoms with E-state index >= 15 is 0 Å². The van der Waals surface area contributed by atoms with Gasteiger partial charge in [-0.2, -0.15) is 0 Å². The number of nitrogens with two attached hydrogens (primary N) is 1. The molecule has 0 aliphatic heterocycles. The Balaban J connectivity index is 2.37. The second-order valence-corrected chi connectivity index (χ2v) is 3.76. The number of hydrogen-bond donors (Lipinski definition) is 1. The van der Waals surface area contributed by atoms with Crippen molar-refractivity contribution in [1.29, 1.82) is 0 Å². The molecule has 1 rings (SSSR count).